The lowest BCUT2D eigenvalue weighted by atomic mass is 9.90. The molecule has 17 heavy (non-hydrogen) atoms. The zero-order valence-electron chi connectivity index (χ0n) is 11.5. The first-order valence-electron chi connectivity index (χ1n) is 6.07. The monoisotopic (exact) mass is 237 g/mol. The average molecular weight is 237 g/mol. The SMILES string of the molecule is C#CC.C/C(F)=C\C=C(/C)C1CCN(C)CC1. The van der Waals surface area contributed by atoms with Gasteiger partial charge in [-0.3, -0.25) is 0 Å². The van der Waals surface area contributed by atoms with Gasteiger partial charge in [0.1, 0.15) is 0 Å². The van der Waals surface area contributed by atoms with Gasteiger partial charge in [0.2, 0.25) is 0 Å². The second-order valence-corrected chi connectivity index (χ2v) is 4.53. The molecule has 0 unspecified atom stereocenters. The van der Waals surface area contributed by atoms with Gasteiger partial charge in [-0.15, -0.1) is 12.3 Å². The van der Waals surface area contributed by atoms with Crippen LogP contribution in [0.2, 0.25) is 0 Å². The number of likely N-dealkylation sites (tertiary alicyclic amines) is 1. The minimum atomic E-state index is -0.114. The summed E-state index contributed by atoms with van der Waals surface area (Å²) >= 11 is 0. The van der Waals surface area contributed by atoms with Gasteiger partial charge in [-0.1, -0.05) is 11.6 Å². The maximum absolute atomic E-state index is 12.5. The molecule has 1 rings (SSSR count). The quantitative estimate of drug-likeness (QED) is 0.522. The van der Waals surface area contributed by atoms with Gasteiger partial charge in [-0.2, -0.15) is 0 Å². The standard InChI is InChI=1S/C12H20FN.C3H4/c1-10(4-5-11(2)13)12-6-8-14(3)9-7-12;1-3-2/h4-5,12H,6-9H2,1-3H3;1H,2H3/b10-4+,11-5+;. The Morgan fingerprint density at radius 1 is 1.29 bits per heavy atom. The van der Waals surface area contributed by atoms with Gasteiger partial charge in [-0.25, -0.2) is 4.39 Å². The van der Waals surface area contributed by atoms with Crippen LogP contribution in [0, 0.1) is 18.3 Å². The molecular weight excluding hydrogens is 213 g/mol. The van der Waals surface area contributed by atoms with Crippen molar-refractivity contribution in [1.82, 2.24) is 4.90 Å². The molecule has 0 amide bonds. The van der Waals surface area contributed by atoms with E-state index in [2.05, 4.69) is 31.2 Å². The summed E-state index contributed by atoms with van der Waals surface area (Å²) in [5, 5.41) is 0. The van der Waals surface area contributed by atoms with E-state index in [0.29, 0.717) is 5.92 Å². The van der Waals surface area contributed by atoms with E-state index in [1.807, 2.05) is 6.08 Å². The molecule has 1 aliphatic rings. The minimum Gasteiger partial charge on any atom is -0.306 e. The van der Waals surface area contributed by atoms with Crippen LogP contribution >= 0.6 is 0 Å². The van der Waals surface area contributed by atoms with Crippen molar-refractivity contribution in [2.75, 3.05) is 20.1 Å². The highest BCUT2D eigenvalue weighted by Gasteiger charge is 2.17. The van der Waals surface area contributed by atoms with Gasteiger partial charge in [0.15, 0.2) is 0 Å². The van der Waals surface area contributed by atoms with Crippen LogP contribution in [0.25, 0.3) is 0 Å². The molecule has 0 aromatic rings. The number of hydrogen-bond acceptors (Lipinski definition) is 1. The third kappa shape index (κ3) is 7.76. The second kappa shape index (κ2) is 9.01. The summed E-state index contributed by atoms with van der Waals surface area (Å²) in [6, 6.07) is 0. The van der Waals surface area contributed by atoms with E-state index in [1.54, 1.807) is 13.0 Å². The van der Waals surface area contributed by atoms with E-state index in [4.69, 9.17) is 0 Å². The highest BCUT2D eigenvalue weighted by molar-refractivity contribution is 5.15. The molecule has 1 fully saturated rings. The Hall–Kier alpha value is -1.07. The van der Waals surface area contributed by atoms with Gasteiger partial charge in [0, 0.05) is 0 Å². The molecule has 0 atom stereocenters. The van der Waals surface area contributed by atoms with Gasteiger partial charge < -0.3 is 4.90 Å². The molecule has 0 aliphatic carbocycles. The van der Waals surface area contributed by atoms with Gasteiger partial charge >= 0.3 is 0 Å². The summed E-state index contributed by atoms with van der Waals surface area (Å²) < 4.78 is 12.5. The van der Waals surface area contributed by atoms with E-state index in [9.17, 15) is 4.39 Å². The predicted octanol–water partition coefficient (Wildman–Crippen LogP) is 3.79. The fraction of sp³-hybridized carbons (Fsp3) is 0.600. The minimum absolute atomic E-state index is 0.114. The first kappa shape index (κ1) is 15.9. The summed E-state index contributed by atoms with van der Waals surface area (Å²) in [5.41, 5.74) is 1.31. The third-order valence-electron chi connectivity index (χ3n) is 2.94. The number of rotatable bonds is 2. The first-order chi connectivity index (χ1) is 8.01. The molecule has 0 spiro atoms. The Morgan fingerprint density at radius 3 is 2.18 bits per heavy atom. The zero-order chi connectivity index (χ0) is 13.3. The number of halogens is 1. The first-order valence-corrected chi connectivity index (χ1v) is 6.07. The van der Waals surface area contributed by atoms with Crippen molar-refractivity contribution in [3.8, 4) is 12.3 Å². The average Bonchev–Trinajstić information content (AvgIpc) is 2.28. The Morgan fingerprint density at radius 2 is 1.76 bits per heavy atom. The van der Waals surface area contributed by atoms with Gasteiger partial charge in [0.25, 0.3) is 0 Å². The van der Waals surface area contributed by atoms with Crippen LogP contribution in [0.3, 0.4) is 0 Å². The molecule has 1 nitrogen and oxygen atoms in total. The lowest BCUT2D eigenvalue weighted by molar-refractivity contribution is 0.238. The maximum atomic E-state index is 12.5. The highest BCUT2D eigenvalue weighted by Crippen LogP contribution is 2.23. The van der Waals surface area contributed by atoms with Crippen LogP contribution in [0.5, 0.6) is 0 Å². The molecule has 1 heterocycles. The van der Waals surface area contributed by atoms with Gasteiger partial charge in [0.05, 0.1) is 5.83 Å². The molecule has 0 radical (unpaired) electrons. The molecular formula is C15H24FN. The predicted molar refractivity (Wildman–Crippen MR) is 73.4 cm³/mol. The van der Waals surface area contributed by atoms with E-state index in [0.717, 1.165) is 13.1 Å². The maximum Gasteiger partial charge on any atom is 0.0968 e. The molecule has 0 aromatic carbocycles. The molecule has 0 bridgehead atoms. The van der Waals surface area contributed by atoms with Crippen molar-refractivity contribution >= 4 is 0 Å². The highest BCUT2D eigenvalue weighted by atomic mass is 19.1. The van der Waals surface area contributed by atoms with Crippen molar-refractivity contribution in [2.24, 2.45) is 5.92 Å². The number of terminal acetylenes is 1. The second-order valence-electron chi connectivity index (χ2n) is 4.53. The summed E-state index contributed by atoms with van der Waals surface area (Å²) in [5.74, 6) is 2.79. The summed E-state index contributed by atoms with van der Waals surface area (Å²) in [6.45, 7) is 7.57. The van der Waals surface area contributed by atoms with Crippen LogP contribution in [0.15, 0.2) is 23.6 Å². The van der Waals surface area contributed by atoms with Crippen LogP contribution < -0.4 is 0 Å². The Bertz CT molecular complexity index is 297. The van der Waals surface area contributed by atoms with Crippen molar-refractivity contribution in [2.45, 2.75) is 33.6 Å². The van der Waals surface area contributed by atoms with E-state index < -0.39 is 0 Å². The number of piperidine rings is 1. The fourth-order valence-corrected chi connectivity index (χ4v) is 1.85. The molecule has 1 aliphatic heterocycles. The van der Waals surface area contributed by atoms with Crippen LogP contribution in [-0.2, 0) is 0 Å². The fourth-order valence-electron chi connectivity index (χ4n) is 1.85. The normalized spacial score (nSPS) is 19.3. The summed E-state index contributed by atoms with van der Waals surface area (Å²) in [7, 11) is 2.15. The largest absolute Gasteiger partial charge is 0.306 e. The zero-order valence-corrected chi connectivity index (χ0v) is 11.5. The van der Waals surface area contributed by atoms with Crippen molar-refractivity contribution in [3.63, 3.8) is 0 Å². The topological polar surface area (TPSA) is 3.24 Å². The van der Waals surface area contributed by atoms with Crippen molar-refractivity contribution in [3.05, 3.63) is 23.6 Å². The number of hydrogen-bond donors (Lipinski definition) is 0. The van der Waals surface area contributed by atoms with Crippen molar-refractivity contribution in [1.29, 1.82) is 0 Å². The number of nitrogens with zero attached hydrogens (tertiary/aromatic N) is 1. The van der Waals surface area contributed by atoms with Crippen LogP contribution in [-0.4, -0.2) is 25.0 Å². The summed E-state index contributed by atoms with van der Waals surface area (Å²) in [4.78, 5) is 2.35. The lowest BCUT2D eigenvalue weighted by Gasteiger charge is -2.29. The molecule has 2 heteroatoms. The Kier molecular flexibility index (Phi) is 8.44. The summed E-state index contributed by atoms with van der Waals surface area (Å²) in [6.07, 6.45) is 10.5. The lowest BCUT2D eigenvalue weighted by Crippen LogP contribution is -2.30. The Balaban J connectivity index is 0.000000770. The molecule has 0 aromatic heterocycles. The van der Waals surface area contributed by atoms with E-state index in [1.165, 1.54) is 25.3 Å². The smallest absolute Gasteiger partial charge is 0.0968 e. The van der Waals surface area contributed by atoms with E-state index in [-0.39, 0.29) is 5.83 Å². The van der Waals surface area contributed by atoms with Crippen molar-refractivity contribution < 1.29 is 4.39 Å². The number of allylic oxidation sites excluding steroid dienone is 4. The molecule has 1 saturated heterocycles. The third-order valence-corrected chi connectivity index (χ3v) is 2.94. The molecule has 0 saturated carbocycles. The van der Waals surface area contributed by atoms with Crippen LogP contribution in [0.4, 0.5) is 4.39 Å². The molecule has 96 valence electrons. The Labute approximate surface area is 105 Å². The van der Waals surface area contributed by atoms with Gasteiger partial charge in [-0.05, 0) is 65.7 Å². The van der Waals surface area contributed by atoms with E-state index >= 15 is 0 Å². The molecule has 0 N–H and O–H groups in total. The van der Waals surface area contributed by atoms with Crippen LogP contribution in [0.1, 0.15) is 33.6 Å².